The summed E-state index contributed by atoms with van der Waals surface area (Å²) < 4.78 is 2.60. The van der Waals surface area contributed by atoms with Gasteiger partial charge in [-0.05, 0) is 32.6 Å². The Balaban J connectivity index is 2.11. The molecule has 0 radical (unpaired) electrons. The van der Waals surface area contributed by atoms with Gasteiger partial charge in [-0.2, -0.15) is 0 Å². The molecule has 2 atom stereocenters. The summed E-state index contributed by atoms with van der Waals surface area (Å²) in [5, 5.41) is 0. The largest absolute Gasteiger partial charge is 0.257 e. The lowest BCUT2D eigenvalue weighted by molar-refractivity contribution is -0.727. The van der Waals surface area contributed by atoms with Crippen LogP contribution in [0.1, 0.15) is 245 Å². The fourth-order valence-corrected chi connectivity index (χ4v) is 7.02. The van der Waals surface area contributed by atoms with E-state index in [2.05, 4.69) is 49.6 Å². The average molecular weight is 588 g/mol. The molecular weight excluding hydrogens is 508 g/mol. The predicted octanol–water partition coefficient (Wildman–Crippen LogP) is 14.1. The van der Waals surface area contributed by atoms with Gasteiger partial charge in [0, 0.05) is 0 Å². The third kappa shape index (κ3) is 21.8. The Morgan fingerprint density at radius 1 is 0.452 bits per heavy atom. The summed E-state index contributed by atoms with van der Waals surface area (Å²) in [6.45, 7) is 9.43. The van der Waals surface area contributed by atoms with Gasteiger partial charge in [-0.15, -0.1) is 0 Å². The van der Waals surface area contributed by atoms with Crippen molar-refractivity contribution in [1.82, 2.24) is 4.98 Å². The summed E-state index contributed by atoms with van der Waals surface area (Å²) in [6.07, 6.45) is 48.8. The van der Waals surface area contributed by atoms with Gasteiger partial charge in [0.2, 0.25) is 0 Å². The van der Waals surface area contributed by atoms with E-state index in [0.29, 0.717) is 12.0 Å². The molecule has 0 aliphatic carbocycles. The zero-order chi connectivity index (χ0) is 30.4. The molecule has 2 nitrogen and oxygen atoms in total. The normalized spacial score (nSPS) is 13.1. The molecule has 248 valence electrons. The van der Waals surface area contributed by atoms with Gasteiger partial charge in [-0.1, -0.05) is 194 Å². The van der Waals surface area contributed by atoms with Gasteiger partial charge in [0.1, 0.15) is 12.4 Å². The van der Waals surface area contributed by atoms with Gasteiger partial charge in [0.25, 0.3) is 5.82 Å². The first-order chi connectivity index (χ1) is 20.7. The van der Waals surface area contributed by atoms with E-state index in [9.17, 15) is 0 Å². The van der Waals surface area contributed by atoms with Crippen LogP contribution in [0.5, 0.6) is 0 Å². The number of aromatic nitrogens is 2. The van der Waals surface area contributed by atoms with Gasteiger partial charge in [0.05, 0.1) is 12.0 Å². The van der Waals surface area contributed by atoms with Crippen molar-refractivity contribution in [3.63, 3.8) is 0 Å². The monoisotopic (exact) mass is 588 g/mol. The van der Waals surface area contributed by atoms with E-state index in [1.165, 1.54) is 205 Å². The number of hydrogen-bond donors (Lipinski definition) is 1. The van der Waals surface area contributed by atoms with E-state index in [-0.39, 0.29) is 0 Å². The van der Waals surface area contributed by atoms with Crippen LogP contribution < -0.4 is 4.57 Å². The molecule has 2 heteroatoms. The lowest BCUT2D eigenvalue weighted by Gasteiger charge is -2.16. The molecule has 1 aromatic rings. The maximum absolute atomic E-state index is 3.68. The minimum Gasteiger partial charge on any atom is -0.247 e. The van der Waals surface area contributed by atoms with Crippen molar-refractivity contribution in [3.8, 4) is 0 Å². The SMILES string of the molecule is CCCCCCCCCCCCCCCCCCC(CCC)c1[nH]cc[n+]1C(C)CCCCCCCCCCCCC. The summed E-state index contributed by atoms with van der Waals surface area (Å²) in [5.74, 6) is 2.21. The molecule has 0 aromatic carbocycles. The molecule has 0 bridgehead atoms. The number of imidazole rings is 1. The lowest BCUT2D eigenvalue weighted by atomic mass is 9.94. The number of hydrogen-bond acceptors (Lipinski definition) is 0. The van der Waals surface area contributed by atoms with Crippen LogP contribution in [0, 0.1) is 0 Å². The van der Waals surface area contributed by atoms with Crippen LogP contribution in [0.2, 0.25) is 0 Å². The first-order valence-corrected chi connectivity index (χ1v) is 19.8. The molecule has 0 fully saturated rings. The van der Waals surface area contributed by atoms with Crippen LogP contribution >= 0.6 is 0 Å². The van der Waals surface area contributed by atoms with Gasteiger partial charge >= 0.3 is 0 Å². The van der Waals surface area contributed by atoms with Crippen LogP contribution in [0.15, 0.2) is 12.4 Å². The quantitative estimate of drug-likeness (QED) is 0.0623. The minimum atomic E-state index is 0.620. The van der Waals surface area contributed by atoms with Crippen molar-refractivity contribution < 1.29 is 4.57 Å². The summed E-state index contributed by atoms with van der Waals surface area (Å²) in [4.78, 5) is 3.68. The fraction of sp³-hybridized carbons (Fsp3) is 0.925. The molecule has 1 N–H and O–H groups in total. The highest BCUT2D eigenvalue weighted by Crippen LogP contribution is 2.26. The molecule has 0 aliphatic rings. The Labute approximate surface area is 266 Å². The molecule has 0 aliphatic heterocycles. The van der Waals surface area contributed by atoms with Crippen LogP contribution in [-0.2, 0) is 0 Å². The maximum atomic E-state index is 3.68. The van der Waals surface area contributed by atoms with Crippen LogP contribution in [0.25, 0.3) is 0 Å². The summed E-state index contributed by atoms with van der Waals surface area (Å²) in [5.41, 5.74) is 0. The molecular formula is C40H79N2+. The topological polar surface area (TPSA) is 19.7 Å². The first kappa shape index (κ1) is 39.2. The van der Waals surface area contributed by atoms with E-state index in [1.54, 1.807) is 0 Å². The van der Waals surface area contributed by atoms with Crippen molar-refractivity contribution in [3.05, 3.63) is 18.2 Å². The van der Waals surface area contributed by atoms with Crippen molar-refractivity contribution >= 4 is 0 Å². The van der Waals surface area contributed by atoms with Gasteiger partial charge in [-0.25, -0.2) is 9.55 Å². The predicted molar refractivity (Wildman–Crippen MR) is 189 cm³/mol. The second-order valence-electron chi connectivity index (χ2n) is 14.0. The molecule has 0 amide bonds. The van der Waals surface area contributed by atoms with Crippen molar-refractivity contribution in [2.24, 2.45) is 0 Å². The van der Waals surface area contributed by atoms with Crippen LogP contribution in [0.3, 0.4) is 0 Å². The van der Waals surface area contributed by atoms with Crippen LogP contribution in [0.4, 0.5) is 0 Å². The van der Waals surface area contributed by atoms with Crippen molar-refractivity contribution in [2.75, 3.05) is 0 Å². The molecule has 0 saturated heterocycles. The summed E-state index contributed by atoms with van der Waals surface area (Å²) in [7, 11) is 0. The third-order valence-electron chi connectivity index (χ3n) is 9.87. The zero-order valence-electron chi connectivity index (χ0n) is 29.7. The second-order valence-corrected chi connectivity index (χ2v) is 14.0. The van der Waals surface area contributed by atoms with Crippen molar-refractivity contribution in [2.45, 2.75) is 239 Å². The first-order valence-electron chi connectivity index (χ1n) is 19.8. The number of nitrogens with one attached hydrogen (secondary N) is 1. The number of aromatic amines is 1. The number of rotatable bonds is 33. The molecule has 42 heavy (non-hydrogen) atoms. The maximum Gasteiger partial charge on any atom is 0.257 e. The number of nitrogens with zero attached hydrogens (tertiary/aromatic N) is 1. The van der Waals surface area contributed by atoms with E-state index in [0.717, 1.165) is 0 Å². The number of H-pyrrole nitrogens is 1. The van der Waals surface area contributed by atoms with E-state index in [4.69, 9.17) is 0 Å². The fourth-order valence-electron chi connectivity index (χ4n) is 7.02. The van der Waals surface area contributed by atoms with E-state index in [1.807, 2.05) is 0 Å². The summed E-state index contributed by atoms with van der Waals surface area (Å²) >= 11 is 0. The highest BCUT2D eigenvalue weighted by atomic mass is 15.1. The minimum absolute atomic E-state index is 0.620. The highest BCUT2D eigenvalue weighted by Gasteiger charge is 2.24. The Kier molecular flexibility index (Phi) is 28.3. The molecule has 0 saturated carbocycles. The third-order valence-corrected chi connectivity index (χ3v) is 9.87. The van der Waals surface area contributed by atoms with Gasteiger partial charge in [-0.3, -0.25) is 0 Å². The Bertz CT molecular complexity index is 650. The average Bonchev–Trinajstić information content (AvgIpc) is 3.49. The van der Waals surface area contributed by atoms with E-state index < -0.39 is 0 Å². The number of unbranched alkanes of at least 4 members (excludes halogenated alkanes) is 25. The smallest absolute Gasteiger partial charge is 0.247 e. The highest BCUT2D eigenvalue weighted by molar-refractivity contribution is 4.90. The Morgan fingerprint density at radius 3 is 1.19 bits per heavy atom. The second kappa shape index (κ2) is 30.2. The van der Waals surface area contributed by atoms with Crippen LogP contribution in [-0.4, -0.2) is 4.98 Å². The molecule has 1 rings (SSSR count). The Morgan fingerprint density at radius 2 is 0.810 bits per heavy atom. The lowest BCUT2D eigenvalue weighted by Crippen LogP contribution is -2.41. The standard InChI is InChI=1S/C40H78N2/c1-5-8-10-12-14-16-18-19-20-21-22-24-26-28-30-32-35-39(33-7-3)40-41-36-37-42(40)38(4)34-31-29-27-25-23-17-15-13-11-9-6-2/h36-39H,5-35H2,1-4H3/p+1. The molecule has 1 aromatic heterocycles. The van der Waals surface area contributed by atoms with E-state index >= 15 is 0 Å². The van der Waals surface area contributed by atoms with Gasteiger partial charge in [0.15, 0.2) is 0 Å². The zero-order valence-corrected chi connectivity index (χ0v) is 29.7. The van der Waals surface area contributed by atoms with Crippen molar-refractivity contribution in [1.29, 1.82) is 0 Å². The molecule has 1 heterocycles. The van der Waals surface area contributed by atoms with Gasteiger partial charge < -0.3 is 0 Å². The molecule has 2 unspecified atom stereocenters. The molecule has 0 spiro atoms. The summed E-state index contributed by atoms with van der Waals surface area (Å²) in [6, 6.07) is 0.620. The Hall–Kier alpha value is -0.790.